The van der Waals surface area contributed by atoms with Gasteiger partial charge in [0, 0.05) is 13.0 Å². The molecule has 0 aliphatic carbocycles. The number of aliphatic hydroxyl groups excluding tert-OH is 1. The Balaban J connectivity index is 2.27. The van der Waals surface area contributed by atoms with Crippen molar-refractivity contribution in [1.82, 2.24) is 4.90 Å². The highest BCUT2D eigenvalue weighted by atomic mass is 16.7. The van der Waals surface area contributed by atoms with Gasteiger partial charge in [-0.1, -0.05) is 6.08 Å². The lowest BCUT2D eigenvalue weighted by Crippen LogP contribution is -2.63. The van der Waals surface area contributed by atoms with Gasteiger partial charge in [0.05, 0.1) is 26.9 Å². The van der Waals surface area contributed by atoms with Crippen molar-refractivity contribution in [1.29, 1.82) is 0 Å². The maximum Gasteiger partial charge on any atom is 0.410 e. The van der Waals surface area contributed by atoms with Gasteiger partial charge in [0.15, 0.2) is 5.79 Å². The Morgan fingerprint density at radius 1 is 1.61 bits per heavy atom. The summed E-state index contributed by atoms with van der Waals surface area (Å²) in [6, 6.07) is -0.538. The van der Waals surface area contributed by atoms with Crippen molar-refractivity contribution in [3.05, 3.63) is 12.7 Å². The zero-order valence-electron chi connectivity index (χ0n) is 10.5. The fraction of sp³-hybridized carbons (Fsp3) is 0.750. The predicted octanol–water partition coefficient (Wildman–Crippen LogP) is 0.365. The van der Waals surface area contributed by atoms with Gasteiger partial charge in [-0.25, -0.2) is 4.79 Å². The summed E-state index contributed by atoms with van der Waals surface area (Å²) in [5, 5.41) is 9.56. The van der Waals surface area contributed by atoms with Crippen molar-refractivity contribution in [3.8, 4) is 0 Å². The van der Waals surface area contributed by atoms with Crippen LogP contribution in [0.1, 0.15) is 6.42 Å². The molecule has 0 aromatic rings. The standard InChI is InChI=1S/C12H19NO5/c1-3-9-6-12(17-4-5-18-12)10(8-14)13(7-9)11(15)16-2/h3,9-10,14H,1,4-8H2,2H3. The Kier molecular flexibility index (Phi) is 3.89. The fourth-order valence-electron chi connectivity index (χ4n) is 2.68. The molecule has 2 heterocycles. The van der Waals surface area contributed by atoms with Crippen molar-refractivity contribution in [2.45, 2.75) is 18.2 Å². The van der Waals surface area contributed by atoms with E-state index in [4.69, 9.17) is 14.2 Å². The molecular formula is C12H19NO5. The fourth-order valence-corrected chi connectivity index (χ4v) is 2.68. The second kappa shape index (κ2) is 5.26. The molecular weight excluding hydrogens is 238 g/mol. The lowest BCUT2D eigenvalue weighted by Gasteiger charge is -2.47. The van der Waals surface area contributed by atoms with E-state index in [1.165, 1.54) is 12.0 Å². The Bertz CT molecular complexity index is 326. The van der Waals surface area contributed by atoms with Crippen LogP contribution in [-0.4, -0.2) is 61.4 Å². The average molecular weight is 257 g/mol. The number of nitrogens with zero attached hydrogens (tertiary/aromatic N) is 1. The molecule has 1 amide bonds. The molecule has 1 N–H and O–H groups in total. The number of carbonyl (C=O) groups is 1. The van der Waals surface area contributed by atoms with Crippen LogP contribution in [0.2, 0.25) is 0 Å². The highest BCUT2D eigenvalue weighted by Crippen LogP contribution is 2.38. The van der Waals surface area contributed by atoms with E-state index in [2.05, 4.69) is 6.58 Å². The van der Waals surface area contributed by atoms with E-state index < -0.39 is 17.9 Å². The molecule has 0 aromatic carbocycles. The van der Waals surface area contributed by atoms with Crippen molar-refractivity contribution >= 4 is 6.09 Å². The molecule has 1 spiro atoms. The highest BCUT2D eigenvalue weighted by molar-refractivity contribution is 5.68. The topological polar surface area (TPSA) is 68.2 Å². The third-order valence-corrected chi connectivity index (χ3v) is 3.55. The largest absolute Gasteiger partial charge is 0.453 e. The van der Waals surface area contributed by atoms with Gasteiger partial charge < -0.3 is 19.3 Å². The Morgan fingerprint density at radius 2 is 2.28 bits per heavy atom. The van der Waals surface area contributed by atoms with Crippen LogP contribution >= 0.6 is 0 Å². The van der Waals surface area contributed by atoms with E-state index in [0.717, 1.165) is 0 Å². The van der Waals surface area contributed by atoms with Crippen LogP contribution < -0.4 is 0 Å². The molecule has 6 heteroatoms. The quantitative estimate of drug-likeness (QED) is 0.724. The predicted molar refractivity (Wildman–Crippen MR) is 62.9 cm³/mol. The van der Waals surface area contributed by atoms with Crippen LogP contribution in [0.15, 0.2) is 12.7 Å². The van der Waals surface area contributed by atoms with Crippen LogP contribution in [0.5, 0.6) is 0 Å². The van der Waals surface area contributed by atoms with E-state index in [-0.39, 0.29) is 12.5 Å². The van der Waals surface area contributed by atoms with Gasteiger partial charge in [0.1, 0.15) is 6.04 Å². The lowest BCUT2D eigenvalue weighted by molar-refractivity contribution is -0.230. The molecule has 6 nitrogen and oxygen atoms in total. The van der Waals surface area contributed by atoms with Crippen molar-refractivity contribution in [2.75, 3.05) is 33.5 Å². The smallest absolute Gasteiger partial charge is 0.410 e. The number of hydrogen-bond acceptors (Lipinski definition) is 5. The van der Waals surface area contributed by atoms with Crippen LogP contribution in [0.25, 0.3) is 0 Å². The molecule has 0 bridgehead atoms. The first kappa shape index (κ1) is 13.3. The Morgan fingerprint density at radius 3 is 2.78 bits per heavy atom. The van der Waals surface area contributed by atoms with Gasteiger partial charge in [0.25, 0.3) is 0 Å². The lowest BCUT2D eigenvalue weighted by atomic mass is 9.87. The summed E-state index contributed by atoms with van der Waals surface area (Å²) in [6.45, 7) is 4.92. The Hall–Kier alpha value is -1.11. The van der Waals surface area contributed by atoms with Crippen LogP contribution in [0.4, 0.5) is 4.79 Å². The first-order valence-electron chi connectivity index (χ1n) is 6.02. The summed E-state index contributed by atoms with van der Waals surface area (Å²) in [7, 11) is 1.32. The maximum absolute atomic E-state index is 11.8. The number of ether oxygens (including phenoxy) is 3. The van der Waals surface area contributed by atoms with E-state index in [1.54, 1.807) is 6.08 Å². The molecule has 2 atom stereocenters. The molecule has 2 saturated heterocycles. The summed E-state index contributed by atoms with van der Waals surface area (Å²) >= 11 is 0. The van der Waals surface area contributed by atoms with Crippen molar-refractivity contribution in [2.24, 2.45) is 5.92 Å². The number of rotatable bonds is 2. The van der Waals surface area contributed by atoms with E-state index in [1.807, 2.05) is 0 Å². The van der Waals surface area contributed by atoms with Crippen LogP contribution in [-0.2, 0) is 14.2 Å². The summed E-state index contributed by atoms with van der Waals surface area (Å²) in [5.74, 6) is -0.870. The van der Waals surface area contributed by atoms with Gasteiger partial charge in [-0.2, -0.15) is 0 Å². The molecule has 2 unspecified atom stereocenters. The van der Waals surface area contributed by atoms with E-state index >= 15 is 0 Å². The molecule has 0 radical (unpaired) electrons. The van der Waals surface area contributed by atoms with Crippen molar-refractivity contribution < 1.29 is 24.1 Å². The number of likely N-dealkylation sites (tertiary alicyclic amines) is 1. The van der Waals surface area contributed by atoms with Crippen LogP contribution in [0.3, 0.4) is 0 Å². The second-order valence-electron chi connectivity index (χ2n) is 4.53. The van der Waals surface area contributed by atoms with Crippen LogP contribution in [0, 0.1) is 5.92 Å². The summed E-state index contributed by atoms with van der Waals surface area (Å²) in [4.78, 5) is 13.2. The Labute approximate surface area is 106 Å². The third-order valence-electron chi connectivity index (χ3n) is 3.55. The maximum atomic E-state index is 11.8. The molecule has 0 saturated carbocycles. The third kappa shape index (κ3) is 2.11. The molecule has 2 aliphatic heterocycles. The van der Waals surface area contributed by atoms with Gasteiger partial charge >= 0.3 is 6.09 Å². The van der Waals surface area contributed by atoms with Gasteiger partial charge in [0.2, 0.25) is 0 Å². The van der Waals surface area contributed by atoms with Crippen molar-refractivity contribution in [3.63, 3.8) is 0 Å². The SMILES string of the molecule is C=CC1CN(C(=O)OC)C(CO)C2(C1)OCCO2. The summed E-state index contributed by atoms with van der Waals surface area (Å²) in [6.07, 6.45) is 1.88. The molecule has 0 aromatic heterocycles. The van der Waals surface area contributed by atoms with E-state index in [9.17, 15) is 9.90 Å². The normalized spacial score (nSPS) is 30.4. The van der Waals surface area contributed by atoms with Gasteiger partial charge in [-0.3, -0.25) is 4.90 Å². The minimum absolute atomic E-state index is 0.0602. The number of methoxy groups -OCH3 is 1. The summed E-state index contributed by atoms with van der Waals surface area (Å²) < 4.78 is 16.1. The first-order valence-corrected chi connectivity index (χ1v) is 6.02. The molecule has 102 valence electrons. The second-order valence-corrected chi connectivity index (χ2v) is 4.53. The van der Waals surface area contributed by atoms with Gasteiger partial charge in [-0.15, -0.1) is 6.58 Å². The number of carbonyl (C=O) groups excluding carboxylic acids is 1. The zero-order chi connectivity index (χ0) is 13.2. The molecule has 18 heavy (non-hydrogen) atoms. The molecule has 2 fully saturated rings. The minimum atomic E-state index is -0.931. The minimum Gasteiger partial charge on any atom is -0.453 e. The molecule has 2 rings (SSSR count). The van der Waals surface area contributed by atoms with Gasteiger partial charge in [-0.05, 0) is 5.92 Å². The molecule has 2 aliphatic rings. The average Bonchev–Trinajstić information content (AvgIpc) is 2.85. The van der Waals surface area contributed by atoms with E-state index in [0.29, 0.717) is 26.2 Å². The first-order chi connectivity index (χ1) is 8.66. The summed E-state index contributed by atoms with van der Waals surface area (Å²) in [5.41, 5.74) is 0. The number of amides is 1. The number of piperidine rings is 1. The number of aliphatic hydroxyl groups is 1. The monoisotopic (exact) mass is 257 g/mol. The highest BCUT2D eigenvalue weighted by Gasteiger charge is 2.53. The number of hydrogen-bond donors (Lipinski definition) is 1. The zero-order valence-corrected chi connectivity index (χ0v) is 10.5.